The number of rotatable bonds is 13. The predicted octanol–water partition coefficient (Wildman–Crippen LogP) is 1.68. The van der Waals surface area contributed by atoms with Crippen molar-refractivity contribution in [1.29, 1.82) is 0 Å². The largest absolute Gasteiger partial charge is 0.497 e. The van der Waals surface area contributed by atoms with E-state index in [-0.39, 0.29) is 0 Å². The molecule has 4 N–H and O–H groups in total. The van der Waals surface area contributed by atoms with Gasteiger partial charge in [0.15, 0.2) is 5.60 Å². The minimum atomic E-state index is -2.74. The first-order valence-electron chi connectivity index (χ1n) is 12.1. The molecule has 0 bridgehead atoms. The van der Waals surface area contributed by atoms with E-state index in [1.54, 1.807) is 7.11 Å². The highest BCUT2D eigenvalue weighted by atomic mass is 16.5. The minimum absolute atomic E-state index is 0.625. The standard InChI is InChI=1S/C21H27N3O2.C6H8O7/c1-23(2)10-11-24(15-19-6-4-5-9-22-19)14-17-12-18-13-20(25-3)7-8-21(18)26-16-17;7-3(8)1-6(13,5(11)12)2-4(9)10/h4-9,12-13H,10-11,14-16H2,1-3H3;13H,1-2H2,(H,7,8)(H,9,10)(H,11,12). The van der Waals surface area contributed by atoms with Gasteiger partial charge in [0.1, 0.15) is 18.1 Å². The van der Waals surface area contributed by atoms with E-state index in [2.05, 4.69) is 41.0 Å². The molecular formula is C27H35N3O9. The lowest BCUT2D eigenvalue weighted by Gasteiger charge is -2.27. The number of fused-ring (bicyclic) bond motifs is 1. The summed E-state index contributed by atoms with van der Waals surface area (Å²) >= 11 is 0. The van der Waals surface area contributed by atoms with E-state index in [1.165, 1.54) is 5.57 Å². The van der Waals surface area contributed by atoms with Crippen molar-refractivity contribution in [2.75, 3.05) is 47.4 Å². The molecule has 2 aromatic rings. The van der Waals surface area contributed by atoms with Gasteiger partial charge in [0.25, 0.3) is 0 Å². The summed E-state index contributed by atoms with van der Waals surface area (Å²) in [7, 11) is 5.89. The number of aromatic nitrogens is 1. The predicted molar refractivity (Wildman–Crippen MR) is 142 cm³/mol. The fourth-order valence-corrected chi connectivity index (χ4v) is 3.70. The zero-order valence-corrected chi connectivity index (χ0v) is 22.2. The fourth-order valence-electron chi connectivity index (χ4n) is 3.70. The van der Waals surface area contributed by atoms with Gasteiger partial charge >= 0.3 is 17.9 Å². The first-order chi connectivity index (χ1) is 18.4. The van der Waals surface area contributed by atoms with E-state index in [4.69, 9.17) is 29.9 Å². The second-order valence-corrected chi connectivity index (χ2v) is 9.31. The van der Waals surface area contributed by atoms with Gasteiger partial charge in [-0.25, -0.2) is 4.79 Å². The Bertz CT molecular complexity index is 1140. The molecule has 1 aromatic carbocycles. The van der Waals surface area contributed by atoms with Crippen LogP contribution < -0.4 is 9.47 Å². The lowest BCUT2D eigenvalue weighted by atomic mass is 9.96. The second kappa shape index (κ2) is 14.8. The Morgan fingerprint density at radius 3 is 2.26 bits per heavy atom. The Balaban J connectivity index is 0.000000349. The number of benzene rings is 1. The van der Waals surface area contributed by atoms with Gasteiger partial charge in [-0.1, -0.05) is 6.07 Å². The summed E-state index contributed by atoms with van der Waals surface area (Å²) in [5.41, 5.74) is 0.694. The van der Waals surface area contributed by atoms with Crippen molar-refractivity contribution >= 4 is 24.0 Å². The summed E-state index contributed by atoms with van der Waals surface area (Å²) in [5, 5.41) is 33.8. The summed E-state index contributed by atoms with van der Waals surface area (Å²) < 4.78 is 11.3. The first-order valence-corrected chi connectivity index (χ1v) is 12.1. The number of aliphatic carboxylic acids is 3. The average molecular weight is 546 g/mol. The number of carboxylic acid groups (broad SMARTS) is 3. The van der Waals surface area contributed by atoms with Gasteiger partial charge in [-0.2, -0.15) is 0 Å². The van der Waals surface area contributed by atoms with Crippen LogP contribution in [-0.2, 0) is 20.9 Å². The van der Waals surface area contributed by atoms with Crippen LogP contribution >= 0.6 is 0 Å². The van der Waals surface area contributed by atoms with Crippen LogP contribution in [0.15, 0.2) is 48.2 Å². The van der Waals surface area contributed by atoms with E-state index in [0.29, 0.717) is 6.61 Å². The number of methoxy groups -OCH3 is 1. The van der Waals surface area contributed by atoms with Crippen molar-refractivity contribution in [1.82, 2.24) is 14.8 Å². The van der Waals surface area contributed by atoms with Crippen molar-refractivity contribution in [3.63, 3.8) is 0 Å². The highest BCUT2D eigenvalue weighted by Crippen LogP contribution is 2.30. The molecule has 1 aromatic heterocycles. The van der Waals surface area contributed by atoms with E-state index in [0.717, 1.165) is 48.9 Å². The fraction of sp³-hybridized carbons (Fsp3) is 0.407. The topological polar surface area (TPSA) is 170 Å². The third kappa shape index (κ3) is 10.7. The maximum absolute atomic E-state index is 10.3. The molecule has 1 aliphatic heterocycles. The second-order valence-electron chi connectivity index (χ2n) is 9.31. The molecule has 12 heteroatoms. The quantitative estimate of drug-likeness (QED) is 0.288. The molecule has 1 aliphatic rings. The van der Waals surface area contributed by atoms with Crippen molar-refractivity contribution in [3.05, 3.63) is 59.4 Å². The monoisotopic (exact) mass is 545 g/mol. The molecule has 0 aliphatic carbocycles. The SMILES string of the molecule is COc1ccc2c(c1)C=C(CN(CCN(C)C)Cc1ccccn1)CO2.O=C(O)CC(O)(CC(=O)O)C(=O)O. The van der Waals surface area contributed by atoms with E-state index >= 15 is 0 Å². The summed E-state index contributed by atoms with van der Waals surface area (Å²) in [6.45, 7) is 4.30. The molecule has 0 fully saturated rings. The summed E-state index contributed by atoms with van der Waals surface area (Å²) in [6, 6.07) is 12.0. The van der Waals surface area contributed by atoms with Gasteiger partial charge in [-0.15, -0.1) is 0 Å². The number of aliphatic hydroxyl groups is 1. The first kappa shape index (κ1) is 31.2. The lowest BCUT2D eigenvalue weighted by Crippen LogP contribution is -2.42. The number of hydrogen-bond donors (Lipinski definition) is 4. The van der Waals surface area contributed by atoms with E-state index in [9.17, 15) is 14.4 Å². The van der Waals surface area contributed by atoms with Gasteiger partial charge in [0, 0.05) is 37.9 Å². The van der Waals surface area contributed by atoms with Crippen LogP contribution in [0.5, 0.6) is 11.5 Å². The highest BCUT2D eigenvalue weighted by molar-refractivity contribution is 5.88. The molecule has 0 spiro atoms. The molecule has 2 heterocycles. The van der Waals surface area contributed by atoms with Crippen LogP contribution in [0.1, 0.15) is 24.1 Å². The summed E-state index contributed by atoms with van der Waals surface area (Å²) in [5.74, 6) is -3.25. The zero-order valence-electron chi connectivity index (χ0n) is 22.2. The summed E-state index contributed by atoms with van der Waals surface area (Å²) in [6.07, 6.45) is 1.79. The molecule has 212 valence electrons. The molecule has 39 heavy (non-hydrogen) atoms. The normalized spacial score (nSPS) is 12.5. The van der Waals surface area contributed by atoms with Crippen LogP contribution in [0.3, 0.4) is 0 Å². The Labute approximate surface area is 226 Å². The van der Waals surface area contributed by atoms with Crippen LogP contribution in [0, 0.1) is 0 Å². The Kier molecular flexibility index (Phi) is 11.9. The molecule has 0 unspecified atom stereocenters. The molecule has 0 amide bonds. The Morgan fingerprint density at radius 2 is 1.72 bits per heavy atom. The van der Waals surface area contributed by atoms with Gasteiger partial charge in [-0.3, -0.25) is 19.5 Å². The van der Waals surface area contributed by atoms with Gasteiger partial charge in [0.2, 0.25) is 0 Å². The van der Waals surface area contributed by atoms with E-state index < -0.39 is 36.4 Å². The molecular weight excluding hydrogens is 510 g/mol. The number of carbonyl (C=O) groups is 3. The zero-order chi connectivity index (χ0) is 29.0. The number of hydrogen-bond acceptors (Lipinski definition) is 9. The number of ether oxygens (including phenoxy) is 2. The maximum Gasteiger partial charge on any atom is 0.336 e. The van der Waals surface area contributed by atoms with Crippen LogP contribution in [-0.4, -0.2) is 106 Å². The van der Waals surface area contributed by atoms with Crippen molar-refractivity contribution < 1.29 is 44.3 Å². The molecule has 12 nitrogen and oxygen atoms in total. The summed E-state index contributed by atoms with van der Waals surface area (Å²) in [4.78, 5) is 39.6. The van der Waals surface area contributed by atoms with Crippen LogP contribution in [0.2, 0.25) is 0 Å². The maximum atomic E-state index is 10.3. The molecule has 0 radical (unpaired) electrons. The van der Waals surface area contributed by atoms with E-state index in [1.807, 2.05) is 36.5 Å². The third-order valence-corrected chi connectivity index (χ3v) is 5.68. The van der Waals surface area contributed by atoms with Gasteiger partial charge < -0.3 is 34.8 Å². The van der Waals surface area contributed by atoms with Crippen molar-refractivity contribution in [2.24, 2.45) is 0 Å². The number of carboxylic acids is 3. The number of nitrogens with zero attached hydrogens (tertiary/aromatic N) is 3. The molecule has 0 atom stereocenters. The van der Waals surface area contributed by atoms with Gasteiger partial charge in [0.05, 0.1) is 25.6 Å². The molecule has 0 saturated heterocycles. The van der Waals surface area contributed by atoms with Crippen molar-refractivity contribution in [2.45, 2.75) is 25.0 Å². The smallest absolute Gasteiger partial charge is 0.336 e. The Hall–Kier alpha value is -4.00. The average Bonchev–Trinajstić information content (AvgIpc) is 2.86. The van der Waals surface area contributed by atoms with Crippen molar-refractivity contribution in [3.8, 4) is 11.5 Å². The van der Waals surface area contributed by atoms with Crippen LogP contribution in [0.4, 0.5) is 0 Å². The Morgan fingerprint density at radius 1 is 1.03 bits per heavy atom. The molecule has 0 saturated carbocycles. The number of likely N-dealkylation sites (N-methyl/N-ethyl adjacent to an activating group) is 1. The van der Waals surface area contributed by atoms with Crippen LogP contribution in [0.25, 0.3) is 6.08 Å². The highest BCUT2D eigenvalue weighted by Gasteiger charge is 2.40. The minimum Gasteiger partial charge on any atom is -0.497 e. The third-order valence-electron chi connectivity index (χ3n) is 5.68. The lowest BCUT2D eigenvalue weighted by molar-refractivity contribution is -0.170. The van der Waals surface area contributed by atoms with Gasteiger partial charge in [-0.05, 0) is 56.1 Å². The number of pyridine rings is 1. The molecule has 3 rings (SSSR count).